The number of hydrogen-bond acceptors (Lipinski definition) is 3. The zero-order valence-corrected chi connectivity index (χ0v) is 22.9. The maximum Gasteiger partial charge on any atom is 0.169 e. The fourth-order valence-corrected chi connectivity index (χ4v) is 9.27. The minimum Gasteiger partial charge on any atom is -0.365 e. The first-order valence-corrected chi connectivity index (χ1v) is 14.4. The van der Waals surface area contributed by atoms with Gasteiger partial charge in [-0.1, -0.05) is 62.8 Å². The number of ketones is 1. The fourth-order valence-electron chi connectivity index (χ4n) is 9.27. The van der Waals surface area contributed by atoms with E-state index in [-0.39, 0.29) is 16.2 Å². The van der Waals surface area contributed by atoms with E-state index in [0.29, 0.717) is 43.0 Å². The van der Waals surface area contributed by atoms with Gasteiger partial charge in [0.25, 0.3) is 0 Å². The smallest absolute Gasteiger partial charge is 0.169 e. The lowest BCUT2D eigenvalue weighted by Crippen LogP contribution is -2.55. The summed E-state index contributed by atoms with van der Waals surface area (Å²) in [6.07, 6.45) is 14.1. The molecule has 0 aromatic heterocycles. The molecule has 0 bridgehead atoms. The van der Waals surface area contributed by atoms with Crippen molar-refractivity contribution in [3.05, 3.63) is 59.7 Å². The number of Topliss-reactive ketones (excluding diaryl/α,β-unsaturated/α-hetero) is 1. The number of allylic oxidation sites excluding steroid dienone is 2. The van der Waals surface area contributed by atoms with Gasteiger partial charge in [-0.05, 0) is 98.0 Å². The minimum absolute atomic E-state index is 0.0712. The van der Waals surface area contributed by atoms with Gasteiger partial charge >= 0.3 is 0 Å². The van der Waals surface area contributed by atoms with Crippen LogP contribution in [0.25, 0.3) is 0 Å². The van der Waals surface area contributed by atoms with Crippen LogP contribution in [-0.4, -0.2) is 16.7 Å². The van der Waals surface area contributed by atoms with Gasteiger partial charge in [-0.25, -0.2) is 0 Å². The normalized spacial score (nSPS) is 41.6. The van der Waals surface area contributed by atoms with Crippen molar-refractivity contribution in [2.75, 3.05) is 0 Å². The molecule has 7 unspecified atom stereocenters. The predicted octanol–water partition coefficient (Wildman–Crippen LogP) is 7.57. The van der Waals surface area contributed by atoms with Gasteiger partial charge in [-0.3, -0.25) is 4.79 Å². The van der Waals surface area contributed by atoms with E-state index in [0.717, 1.165) is 50.5 Å². The van der Waals surface area contributed by atoms with Crippen LogP contribution in [0.1, 0.15) is 96.6 Å². The van der Waals surface area contributed by atoms with Crippen molar-refractivity contribution in [3.63, 3.8) is 0 Å². The first-order valence-electron chi connectivity index (χ1n) is 14.4. The van der Waals surface area contributed by atoms with E-state index in [1.165, 1.54) is 17.6 Å². The maximum absolute atomic E-state index is 13.0. The molecular formula is C33H46O3. The van der Waals surface area contributed by atoms with Crippen LogP contribution in [0.4, 0.5) is 0 Å². The Labute approximate surface area is 218 Å². The molecule has 0 heterocycles. The Hall–Kier alpha value is -1.71. The molecule has 3 heteroatoms. The second-order valence-corrected chi connectivity index (χ2v) is 13.0. The van der Waals surface area contributed by atoms with Gasteiger partial charge < -0.3 is 9.84 Å². The van der Waals surface area contributed by atoms with Crippen LogP contribution in [0.15, 0.2) is 48.6 Å². The summed E-state index contributed by atoms with van der Waals surface area (Å²) < 4.78 is 6.19. The van der Waals surface area contributed by atoms with Gasteiger partial charge in [-0.15, -0.1) is 6.58 Å². The van der Waals surface area contributed by atoms with Gasteiger partial charge in [0.1, 0.15) is 5.78 Å². The monoisotopic (exact) mass is 490 g/mol. The van der Waals surface area contributed by atoms with Crippen LogP contribution in [-0.2, 0) is 22.6 Å². The molecule has 1 aromatic carbocycles. The van der Waals surface area contributed by atoms with Crippen LogP contribution in [0.5, 0.6) is 0 Å². The van der Waals surface area contributed by atoms with Gasteiger partial charge in [0.2, 0.25) is 0 Å². The van der Waals surface area contributed by atoms with Gasteiger partial charge in [0.05, 0.1) is 6.61 Å². The number of carbonyl (C=O) groups excluding carboxylic acids is 1. The Morgan fingerprint density at radius 3 is 2.44 bits per heavy atom. The number of hydrogen-bond donors (Lipinski definition) is 1. The van der Waals surface area contributed by atoms with Crippen molar-refractivity contribution < 1.29 is 14.6 Å². The molecule has 7 atom stereocenters. The average Bonchev–Trinajstić information content (AvgIpc) is 3.17. The molecule has 4 aliphatic rings. The van der Waals surface area contributed by atoms with E-state index in [2.05, 4.69) is 57.7 Å². The number of rotatable bonds is 7. The van der Waals surface area contributed by atoms with Crippen molar-refractivity contribution in [2.45, 2.75) is 104 Å². The van der Waals surface area contributed by atoms with Crippen LogP contribution in [0.3, 0.4) is 0 Å². The summed E-state index contributed by atoms with van der Waals surface area (Å²) in [5, 5.41) is 11.5. The summed E-state index contributed by atoms with van der Waals surface area (Å²) in [6, 6.07) is 8.54. The number of carbonyl (C=O) groups is 1. The predicted molar refractivity (Wildman–Crippen MR) is 145 cm³/mol. The van der Waals surface area contributed by atoms with E-state index in [1.807, 2.05) is 13.0 Å². The van der Waals surface area contributed by atoms with Crippen molar-refractivity contribution in [1.29, 1.82) is 0 Å². The lowest BCUT2D eigenvalue weighted by molar-refractivity contribution is -0.231. The quantitative estimate of drug-likeness (QED) is 0.317. The average molecular weight is 491 g/mol. The van der Waals surface area contributed by atoms with Crippen molar-refractivity contribution in [2.24, 2.45) is 34.0 Å². The first kappa shape index (κ1) is 25.9. The number of aryl methyl sites for hydroxylation is 1. The van der Waals surface area contributed by atoms with Crippen LogP contribution in [0.2, 0.25) is 0 Å². The third kappa shape index (κ3) is 3.88. The van der Waals surface area contributed by atoms with Crippen molar-refractivity contribution in [3.8, 4) is 0 Å². The molecule has 0 aliphatic heterocycles. The molecule has 1 aromatic rings. The van der Waals surface area contributed by atoms with E-state index < -0.39 is 5.79 Å². The van der Waals surface area contributed by atoms with E-state index >= 15 is 0 Å². The highest BCUT2D eigenvalue weighted by molar-refractivity contribution is 5.84. The largest absolute Gasteiger partial charge is 0.365 e. The highest BCUT2D eigenvalue weighted by Gasteiger charge is 2.65. The summed E-state index contributed by atoms with van der Waals surface area (Å²) in [7, 11) is 0. The summed E-state index contributed by atoms with van der Waals surface area (Å²) in [5.41, 5.74) is 3.82. The Bertz CT molecular complexity index is 1040. The third-order valence-corrected chi connectivity index (χ3v) is 11.6. The van der Waals surface area contributed by atoms with Crippen LogP contribution >= 0.6 is 0 Å². The van der Waals surface area contributed by atoms with Crippen molar-refractivity contribution >= 4 is 5.78 Å². The van der Waals surface area contributed by atoms with E-state index in [1.54, 1.807) is 0 Å². The molecule has 0 saturated heterocycles. The highest BCUT2D eigenvalue weighted by atomic mass is 16.6. The molecule has 0 radical (unpaired) electrons. The first-order chi connectivity index (χ1) is 17.1. The number of aliphatic hydroxyl groups is 1. The van der Waals surface area contributed by atoms with Crippen molar-refractivity contribution in [1.82, 2.24) is 0 Å². The number of benzene rings is 1. The number of ether oxygens (including phenoxy) is 1. The van der Waals surface area contributed by atoms with Gasteiger partial charge in [0.15, 0.2) is 5.79 Å². The van der Waals surface area contributed by atoms with E-state index in [4.69, 9.17) is 4.74 Å². The summed E-state index contributed by atoms with van der Waals surface area (Å²) >= 11 is 0. The third-order valence-electron chi connectivity index (χ3n) is 11.6. The second-order valence-electron chi connectivity index (χ2n) is 13.0. The Kier molecular flexibility index (Phi) is 6.65. The summed E-state index contributed by atoms with van der Waals surface area (Å²) in [4.78, 5) is 13.0. The lowest BCUT2D eigenvalue weighted by atomic mass is 9.45. The Balaban J connectivity index is 1.33. The molecule has 3 fully saturated rings. The fraction of sp³-hybridized carbons (Fsp3) is 0.667. The zero-order chi connectivity index (χ0) is 25.8. The highest BCUT2D eigenvalue weighted by Crippen LogP contribution is 2.70. The molecule has 196 valence electrons. The Morgan fingerprint density at radius 2 is 1.78 bits per heavy atom. The van der Waals surface area contributed by atoms with E-state index in [9.17, 15) is 9.90 Å². The van der Waals surface area contributed by atoms with Crippen LogP contribution < -0.4 is 0 Å². The zero-order valence-electron chi connectivity index (χ0n) is 22.9. The maximum atomic E-state index is 13.0. The molecule has 0 spiro atoms. The molecule has 1 N–H and O–H groups in total. The lowest BCUT2D eigenvalue weighted by Gasteiger charge is -2.60. The van der Waals surface area contributed by atoms with Gasteiger partial charge in [-0.2, -0.15) is 0 Å². The molecule has 3 nitrogen and oxygen atoms in total. The van der Waals surface area contributed by atoms with Gasteiger partial charge in [0, 0.05) is 18.3 Å². The minimum atomic E-state index is -1.08. The SMILES string of the molecule is C=CCC1(C(C)=O)CCC2C3CC=C4CC(O)(OCc5ccc(CC)cc5)CCC4(C)C3CCC21C. The second kappa shape index (κ2) is 9.24. The molecule has 36 heavy (non-hydrogen) atoms. The standard InChI is InChI=1S/C33H46O3/c1-6-16-32(23(3)34)18-15-29-27-13-12-26-21-33(35,36-22-25-10-8-24(7-2)9-11-25)20-19-30(26,4)28(27)14-17-31(29,32)5/h6,8-12,27-29,35H,1,7,13-22H2,2-5H3. The molecule has 0 amide bonds. The summed E-state index contributed by atoms with van der Waals surface area (Å²) in [6.45, 7) is 13.3. The Morgan fingerprint density at radius 1 is 1.08 bits per heavy atom. The van der Waals surface area contributed by atoms with Crippen LogP contribution in [0, 0.1) is 34.0 Å². The molecular weight excluding hydrogens is 444 g/mol. The summed E-state index contributed by atoms with van der Waals surface area (Å²) in [5.74, 6) is 1.15. The molecule has 5 rings (SSSR count). The topological polar surface area (TPSA) is 46.5 Å². The molecule has 3 saturated carbocycles. The molecule has 4 aliphatic carbocycles. The number of fused-ring (bicyclic) bond motifs is 5.